The summed E-state index contributed by atoms with van der Waals surface area (Å²) in [7, 11) is 0. The number of carbonyl (C=O) groups excluding carboxylic acids is 1. The van der Waals surface area contributed by atoms with Gasteiger partial charge in [-0.05, 0) is 65.0 Å². The van der Waals surface area contributed by atoms with E-state index in [9.17, 15) is 4.79 Å². The summed E-state index contributed by atoms with van der Waals surface area (Å²) in [4.78, 5) is 19.0. The SMILES string of the molecule is O=C(Nc1cc2c(c(-c3cc4ccccc4s3)c1)CN=C2)c1ccccc1Nc1ccccc1. The van der Waals surface area contributed by atoms with E-state index in [1.54, 1.807) is 11.3 Å². The number of thiophene rings is 1. The highest BCUT2D eigenvalue weighted by atomic mass is 32.1. The van der Waals surface area contributed by atoms with Gasteiger partial charge in [-0.2, -0.15) is 0 Å². The summed E-state index contributed by atoms with van der Waals surface area (Å²) in [5.41, 5.74) is 6.43. The first-order valence-electron chi connectivity index (χ1n) is 11.1. The zero-order valence-electron chi connectivity index (χ0n) is 18.3. The molecule has 4 nitrogen and oxygen atoms in total. The molecule has 0 saturated heterocycles. The second-order valence-electron chi connectivity index (χ2n) is 8.20. The molecule has 0 unspecified atom stereocenters. The van der Waals surface area contributed by atoms with Gasteiger partial charge in [0, 0.05) is 32.7 Å². The minimum atomic E-state index is -0.156. The van der Waals surface area contributed by atoms with Crippen molar-refractivity contribution in [3.05, 3.63) is 114 Å². The van der Waals surface area contributed by atoms with E-state index < -0.39 is 0 Å². The van der Waals surface area contributed by atoms with Crippen LogP contribution in [0.1, 0.15) is 21.5 Å². The highest BCUT2D eigenvalue weighted by molar-refractivity contribution is 7.22. The van der Waals surface area contributed by atoms with Crippen LogP contribution in [0.15, 0.2) is 102 Å². The molecular weight excluding hydrogens is 438 g/mol. The van der Waals surface area contributed by atoms with Gasteiger partial charge in [0.1, 0.15) is 0 Å². The molecule has 6 rings (SSSR count). The van der Waals surface area contributed by atoms with E-state index in [1.807, 2.05) is 66.9 Å². The van der Waals surface area contributed by atoms with Crippen molar-refractivity contribution < 1.29 is 4.79 Å². The fourth-order valence-corrected chi connectivity index (χ4v) is 5.40. The van der Waals surface area contributed by atoms with Crippen LogP contribution in [0.2, 0.25) is 0 Å². The molecule has 2 heterocycles. The fourth-order valence-electron chi connectivity index (χ4n) is 4.29. The summed E-state index contributed by atoms with van der Waals surface area (Å²) in [5, 5.41) is 7.70. The van der Waals surface area contributed by atoms with Crippen molar-refractivity contribution in [3.63, 3.8) is 0 Å². The number of hydrogen-bond acceptors (Lipinski definition) is 4. The van der Waals surface area contributed by atoms with Gasteiger partial charge in [-0.3, -0.25) is 9.79 Å². The van der Waals surface area contributed by atoms with Gasteiger partial charge in [-0.15, -0.1) is 11.3 Å². The molecule has 0 radical (unpaired) electrons. The Labute approximate surface area is 201 Å². The fraction of sp³-hybridized carbons (Fsp3) is 0.0345. The number of nitrogens with one attached hydrogen (secondary N) is 2. The predicted octanol–water partition coefficient (Wildman–Crippen LogP) is 7.50. The highest BCUT2D eigenvalue weighted by Gasteiger charge is 2.18. The zero-order chi connectivity index (χ0) is 22.9. The van der Waals surface area contributed by atoms with Gasteiger partial charge in [0.05, 0.1) is 17.8 Å². The first kappa shape index (κ1) is 20.4. The van der Waals surface area contributed by atoms with Crippen LogP contribution in [0.3, 0.4) is 0 Å². The molecule has 5 aromatic rings. The molecule has 164 valence electrons. The predicted molar refractivity (Wildman–Crippen MR) is 143 cm³/mol. The molecule has 0 saturated carbocycles. The molecule has 1 aliphatic rings. The Morgan fingerprint density at radius 2 is 1.62 bits per heavy atom. The van der Waals surface area contributed by atoms with Crippen LogP contribution in [-0.2, 0) is 6.54 Å². The minimum absolute atomic E-state index is 0.156. The maximum atomic E-state index is 13.3. The molecule has 4 aromatic carbocycles. The number of amides is 1. The molecule has 0 spiro atoms. The first-order chi connectivity index (χ1) is 16.7. The summed E-state index contributed by atoms with van der Waals surface area (Å²) in [5.74, 6) is -0.156. The van der Waals surface area contributed by atoms with Crippen molar-refractivity contribution in [3.8, 4) is 10.4 Å². The Bertz CT molecular complexity index is 1520. The van der Waals surface area contributed by atoms with Crippen LogP contribution in [0, 0.1) is 0 Å². The second kappa shape index (κ2) is 8.61. The average molecular weight is 460 g/mol. The highest BCUT2D eigenvalue weighted by Crippen LogP contribution is 2.39. The lowest BCUT2D eigenvalue weighted by Gasteiger charge is -2.14. The quantitative estimate of drug-likeness (QED) is 0.286. The standard InChI is InChI=1S/C29H21N3OS/c33-29(23-11-5-6-12-26(23)31-21-9-2-1-3-10-21)32-22-14-20-17-30-18-25(20)24(16-22)28-15-19-8-4-7-13-27(19)34-28/h1-17,31H,18H2,(H,32,33). The van der Waals surface area contributed by atoms with Crippen LogP contribution < -0.4 is 10.6 Å². The third kappa shape index (κ3) is 3.87. The van der Waals surface area contributed by atoms with Crippen LogP contribution >= 0.6 is 11.3 Å². The lowest BCUT2D eigenvalue weighted by molar-refractivity contribution is 0.102. The van der Waals surface area contributed by atoms with Crippen molar-refractivity contribution in [1.29, 1.82) is 0 Å². The van der Waals surface area contributed by atoms with E-state index in [2.05, 4.69) is 52.0 Å². The van der Waals surface area contributed by atoms with E-state index in [-0.39, 0.29) is 5.91 Å². The zero-order valence-corrected chi connectivity index (χ0v) is 19.1. The summed E-state index contributed by atoms with van der Waals surface area (Å²) >= 11 is 1.77. The molecule has 1 aromatic heterocycles. The van der Waals surface area contributed by atoms with Gasteiger partial charge in [-0.25, -0.2) is 0 Å². The monoisotopic (exact) mass is 459 g/mol. The lowest BCUT2D eigenvalue weighted by atomic mass is 10.00. The van der Waals surface area contributed by atoms with Crippen molar-refractivity contribution in [2.75, 3.05) is 10.6 Å². The number of aliphatic imine (C=N–C) groups is 1. The Kier molecular flexibility index (Phi) is 5.17. The van der Waals surface area contributed by atoms with Crippen LogP contribution in [0.25, 0.3) is 20.5 Å². The number of carbonyl (C=O) groups is 1. The molecule has 1 aliphatic heterocycles. The van der Waals surface area contributed by atoms with E-state index >= 15 is 0 Å². The molecule has 0 aliphatic carbocycles. The largest absolute Gasteiger partial charge is 0.355 e. The maximum absolute atomic E-state index is 13.3. The smallest absolute Gasteiger partial charge is 0.257 e. The summed E-state index contributed by atoms with van der Waals surface area (Å²) in [6, 6.07) is 32.1. The van der Waals surface area contributed by atoms with Crippen molar-refractivity contribution in [2.45, 2.75) is 6.54 Å². The number of hydrogen-bond donors (Lipinski definition) is 2. The Morgan fingerprint density at radius 3 is 2.50 bits per heavy atom. The van der Waals surface area contributed by atoms with Crippen LogP contribution in [0.5, 0.6) is 0 Å². The van der Waals surface area contributed by atoms with Gasteiger partial charge in [-0.1, -0.05) is 48.5 Å². The van der Waals surface area contributed by atoms with Crippen LogP contribution in [-0.4, -0.2) is 12.1 Å². The van der Waals surface area contributed by atoms with E-state index in [1.165, 1.54) is 20.5 Å². The van der Waals surface area contributed by atoms with E-state index in [4.69, 9.17) is 0 Å². The van der Waals surface area contributed by atoms with Gasteiger partial charge in [0.15, 0.2) is 0 Å². The summed E-state index contributed by atoms with van der Waals surface area (Å²) in [6.07, 6.45) is 1.90. The van der Waals surface area contributed by atoms with Gasteiger partial charge in [0.25, 0.3) is 5.91 Å². The van der Waals surface area contributed by atoms with Crippen LogP contribution in [0.4, 0.5) is 17.1 Å². The van der Waals surface area contributed by atoms with Gasteiger partial charge in [0.2, 0.25) is 0 Å². The Balaban J connectivity index is 1.34. The van der Waals surface area contributed by atoms with Gasteiger partial charge < -0.3 is 10.6 Å². The second-order valence-corrected chi connectivity index (χ2v) is 9.28. The molecular formula is C29H21N3OS. The normalized spacial score (nSPS) is 12.0. The third-order valence-electron chi connectivity index (χ3n) is 5.94. The summed E-state index contributed by atoms with van der Waals surface area (Å²) in [6.45, 7) is 0.664. The Hall–Kier alpha value is -4.22. The molecule has 0 fully saturated rings. The van der Waals surface area contributed by atoms with Crippen molar-refractivity contribution in [2.24, 2.45) is 4.99 Å². The first-order valence-corrected chi connectivity index (χ1v) is 11.9. The summed E-state index contributed by atoms with van der Waals surface area (Å²) < 4.78 is 1.25. The Morgan fingerprint density at radius 1 is 0.824 bits per heavy atom. The lowest BCUT2D eigenvalue weighted by Crippen LogP contribution is -2.14. The molecule has 5 heteroatoms. The van der Waals surface area contributed by atoms with Crippen molar-refractivity contribution in [1.82, 2.24) is 0 Å². The molecule has 0 bridgehead atoms. The van der Waals surface area contributed by atoms with Gasteiger partial charge >= 0.3 is 0 Å². The van der Waals surface area contributed by atoms with E-state index in [0.717, 1.165) is 28.2 Å². The third-order valence-corrected chi connectivity index (χ3v) is 7.09. The number of fused-ring (bicyclic) bond motifs is 2. The van der Waals surface area contributed by atoms with Crippen molar-refractivity contribution >= 4 is 50.6 Å². The molecule has 34 heavy (non-hydrogen) atoms. The number of rotatable bonds is 5. The molecule has 2 N–H and O–H groups in total. The number of nitrogens with zero attached hydrogens (tertiary/aromatic N) is 1. The average Bonchev–Trinajstić information content (AvgIpc) is 3.51. The number of benzene rings is 4. The molecule has 1 amide bonds. The number of para-hydroxylation sites is 2. The van der Waals surface area contributed by atoms with E-state index in [0.29, 0.717) is 12.1 Å². The number of anilines is 3. The molecule has 0 atom stereocenters. The maximum Gasteiger partial charge on any atom is 0.257 e. The minimum Gasteiger partial charge on any atom is -0.355 e. The topological polar surface area (TPSA) is 53.5 Å².